The Morgan fingerprint density at radius 2 is 2.11 bits per heavy atom. The van der Waals surface area contributed by atoms with Crippen molar-refractivity contribution in [3.05, 3.63) is 29.8 Å². The average Bonchev–Trinajstić information content (AvgIpc) is 3.29. The van der Waals surface area contributed by atoms with Gasteiger partial charge >= 0.3 is 0 Å². The predicted molar refractivity (Wildman–Crippen MR) is 105 cm³/mol. The molecule has 28 heavy (non-hydrogen) atoms. The zero-order chi connectivity index (χ0) is 19.7. The molecule has 9 nitrogen and oxygen atoms in total. The van der Waals surface area contributed by atoms with Crippen LogP contribution < -0.4 is 5.32 Å². The van der Waals surface area contributed by atoms with Crippen LogP contribution in [0.3, 0.4) is 0 Å². The number of rotatable bonds is 4. The van der Waals surface area contributed by atoms with Crippen molar-refractivity contribution < 1.29 is 18.0 Å². The summed E-state index contributed by atoms with van der Waals surface area (Å²) >= 11 is 1.27. The van der Waals surface area contributed by atoms with Crippen LogP contribution in [-0.2, 0) is 19.4 Å². The molecular formula is C17H17N5O4S2. The SMILES string of the molecule is O=C(Nc1nc(-c2ccccn2)cs1)C1=NN([C@@H]2CCS(=O)(=O)C2)C(=O)CC1. The number of hydrogen-bond donors (Lipinski definition) is 1. The van der Waals surface area contributed by atoms with Gasteiger partial charge in [-0.25, -0.2) is 18.4 Å². The fourth-order valence-corrected chi connectivity index (χ4v) is 5.51. The van der Waals surface area contributed by atoms with Crippen molar-refractivity contribution >= 4 is 43.8 Å². The second kappa shape index (κ2) is 7.40. The molecule has 2 amide bonds. The highest BCUT2D eigenvalue weighted by Crippen LogP contribution is 2.25. The Kier molecular flexibility index (Phi) is 4.94. The molecule has 11 heteroatoms. The lowest BCUT2D eigenvalue weighted by atomic mass is 10.1. The smallest absolute Gasteiger partial charge is 0.273 e. The van der Waals surface area contributed by atoms with Gasteiger partial charge in [0.15, 0.2) is 15.0 Å². The van der Waals surface area contributed by atoms with E-state index in [-0.39, 0.29) is 36.0 Å². The second-order valence-electron chi connectivity index (χ2n) is 6.55. The lowest BCUT2D eigenvalue weighted by Gasteiger charge is -2.27. The third-order valence-electron chi connectivity index (χ3n) is 4.53. The van der Waals surface area contributed by atoms with Crippen LogP contribution >= 0.6 is 11.3 Å². The molecule has 146 valence electrons. The fraction of sp³-hybridized carbons (Fsp3) is 0.353. The molecule has 0 aliphatic carbocycles. The van der Waals surface area contributed by atoms with Crippen molar-refractivity contribution in [3.8, 4) is 11.4 Å². The third kappa shape index (κ3) is 3.94. The standard InChI is InChI=1S/C17H17N5O4S2/c23-15-5-4-13(21-22(15)11-6-8-28(25,26)10-11)16(24)20-17-19-14(9-27-17)12-3-1-2-7-18-12/h1-3,7,9,11H,4-6,8,10H2,(H,19,20,24)/t11-/m1/s1. The van der Waals surface area contributed by atoms with E-state index in [4.69, 9.17) is 0 Å². The highest BCUT2D eigenvalue weighted by molar-refractivity contribution is 7.91. The predicted octanol–water partition coefficient (Wildman–Crippen LogP) is 1.31. The minimum atomic E-state index is -3.16. The van der Waals surface area contributed by atoms with Gasteiger partial charge in [-0.3, -0.25) is 19.9 Å². The summed E-state index contributed by atoms with van der Waals surface area (Å²) in [4.78, 5) is 33.3. The van der Waals surface area contributed by atoms with Crippen molar-refractivity contribution in [1.29, 1.82) is 0 Å². The molecule has 1 saturated heterocycles. The molecule has 2 aliphatic heterocycles. The molecule has 0 radical (unpaired) electrons. The van der Waals surface area contributed by atoms with Gasteiger partial charge in [-0.15, -0.1) is 11.3 Å². The topological polar surface area (TPSA) is 122 Å². The van der Waals surface area contributed by atoms with E-state index in [1.165, 1.54) is 16.3 Å². The van der Waals surface area contributed by atoms with Crippen molar-refractivity contribution in [2.24, 2.45) is 5.10 Å². The average molecular weight is 419 g/mol. The number of nitrogens with one attached hydrogen (secondary N) is 1. The van der Waals surface area contributed by atoms with Gasteiger partial charge in [0.1, 0.15) is 11.4 Å². The van der Waals surface area contributed by atoms with E-state index in [0.29, 0.717) is 22.9 Å². The van der Waals surface area contributed by atoms with Gasteiger partial charge in [-0.05, 0) is 18.6 Å². The van der Waals surface area contributed by atoms with Gasteiger partial charge in [-0.2, -0.15) is 5.10 Å². The summed E-state index contributed by atoms with van der Waals surface area (Å²) in [5.41, 5.74) is 1.55. The number of aromatic nitrogens is 2. The summed E-state index contributed by atoms with van der Waals surface area (Å²) in [6, 6.07) is 4.98. The van der Waals surface area contributed by atoms with E-state index < -0.39 is 21.8 Å². The maximum atomic E-state index is 12.6. The van der Waals surface area contributed by atoms with E-state index >= 15 is 0 Å². The van der Waals surface area contributed by atoms with Crippen molar-refractivity contribution in [2.45, 2.75) is 25.3 Å². The molecule has 1 N–H and O–H groups in total. The van der Waals surface area contributed by atoms with E-state index in [0.717, 1.165) is 0 Å². The molecule has 2 aromatic rings. The van der Waals surface area contributed by atoms with Crippen LogP contribution in [0.4, 0.5) is 5.13 Å². The van der Waals surface area contributed by atoms with Crippen LogP contribution in [0.15, 0.2) is 34.9 Å². The highest BCUT2D eigenvalue weighted by atomic mass is 32.2. The minimum Gasteiger partial charge on any atom is -0.297 e. The summed E-state index contributed by atoms with van der Waals surface area (Å²) in [7, 11) is -3.16. The monoisotopic (exact) mass is 419 g/mol. The van der Waals surface area contributed by atoms with Crippen LogP contribution in [0.2, 0.25) is 0 Å². The number of carbonyl (C=O) groups excluding carboxylic acids is 2. The normalized spacial score (nSPS) is 21.4. The summed E-state index contributed by atoms with van der Waals surface area (Å²) in [6.07, 6.45) is 2.34. The molecule has 1 atom stereocenters. The zero-order valence-corrected chi connectivity index (χ0v) is 16.4. The Morgan fingerprint density at radius 3 is 2.82 bits per heavy atom. The minimum absolute atomic E-state index is 0.0356. The van der Waals surface area contributed by atoms with Crippen molar-refractivity contribution in [2.75, 3.05) is 16.8 Å². The maximum Gasteiger partial charge on any atom is 0.273 e. The molecular weight excluding hydrogens is 402 g/mol. The number of hydrazone groups is 1. The number of thiazole rings is 1. The summed E-state index contributed by atoms with van der Waals surface area (Å²) in [5.74, 6) is -0.782. The lowest BCUT2D eigenvalue weighted by Crippen LogP contribution is -2.42. The first-order chi connectivity index (χ1) is 13.4. The number of anilines is 1. The molecule has 0 saturated carbocycles. The Morgan fingerprint density at radius 1 is 1.25 bits per heavy atom. The second-order valence-corrected chi connectivity index (χ2v) is 9.64. The molecule has 1 fully saturated rings. The first-order valence-corrected chi connectivity index (χ1v) is 11.4. The van der Waals surface area contributed by atoms with Gasteiger partial charge in [-0.1, -0.05) is 6.07 Å². The van der Waals surface area contributed by atoms with Crippen molar-refractivity contribution in [3.63, 3.8) is 0 Å². The molecule has 4 rings (SSSR count). The first-order valence-electron chi connectivity index (χ1n) is 8.69. The van der Waals surface area contributed by atoms with Crippen LogP contribution in [0.1, 0.15) is 19.3 Å². The highest BCUT2D eigenvalue weighted by Gasteiger charge is 2.37. The van der Waals surface area contributed by atoms with E-state index in [9.17, 15) is 18.0 Å². The number of carbonyl (C=O) groups is 2. The van der Waals surface area contributed by atoms with Gasteiger partial charge in [0.2, 0.25) is 5.91 Å². The number of nitrogens with zero attached hydrogens (tertiary/aromatic N) is 4. The van der Waals surface area contributed by atoms with E-state index in [1.807, 2.05) is 18.2 Å². The largest absolute Gasteiger partial charge is 0.297 e. The van der Waals surface area contributed by atoms with Gasteiger partial charge < -0.3 is 0 Å². The Hall–Kier alpha value is -2.66. The molecule has 4 heterocycles. The number of sulfone groups is 1. The van der Waals surface area contributed by atoms with Gasteiger partial charge in [0, 0.05) is 24.4 Å². The summed E-state index contributed by atoms with van der Waals surface area (Å²) < 4.78 is 23.4. The number of pyridine rings is 1. The van der Waals surface area contributed by atoms with E-state index in [2.05, 4.69) is 20.4 Å². The molecule has 0 spiro atoms. The maximum absolute atomic E-state index is 12.6. The lowest BCUT2D eigenvalue weighted by molar-refractivity contribution is -0.133. The Balaban J connectivity index is 1.48. The molecule has 2 aromatic heterocycles. The number of hydrogen-bond acceptors (Lipinski definition) is 8. The van der Waals surface area contributed by atoms with Crippen LogP contribution in [0, 0.1) is 0 Å². The van der Waals surface area contributed by atoms with Crippen LogP contribution in [0.25, 0.3) is 11.4 Å². The first kappa shape index (κ1) is 18.7. The summed E-state index contributed by atoms with van der Waals surface area (Å²) in [5, 5.41) is 10.2. The molecule has 2 aliphatic rings. The van der Waals surface area contributed by atoms with Crippen LogP contribution in [-0.4, -0.2) is 58.5 Å². The quantitative estimate of drug-likeness (QED) is 0.797. The van der Waals surface area contributed by atoms with Gasteiger partial charge in [0.05, 0.1) is 23.2 Å². The Bertz CT molecular complexity index is 1050. The summed E-state index contributed by atoms with van der Waals surface area (Å²) in [6.45, 7) is 0. The van der Waals surface area contributed by atoms with Gasteiger partial charge in [0.25, 0.3) is 5.91 Å². The molecule has 0 bridgehead atoms. The molecule has 0 unspecified atom stereocenters. The fourth-order valence-electron chi connectivity index (χ4n) is 3.12. The molecule has 0 aromatic carbocycles. The zero-order valence-electron chi connectivity index (χ0n) is 14.7. The van der Waals surface area contributed by atoms with E-state index in [1.54, 1.807) is 11.6 Å². The Labute approximate surface area is 165 Å². The number of amides is 2. The third-order valence-corrected chi connectivity index (χ3v) is 7.04. The van der Waals surface area contributed by atoms with Crippen molar-refractivity contribution in [1.82, 2.24) is 15.0 Å². The van der Waals surface area contributed by atoms with Crippen LogP contribution in [0.5, 0.6) is 0 Å².